The molecule has 6 nitrogen and oxygen atoms in total. The van der Waals surface area contributed by atoms with Gasteiger partial charge >= 0.3 is 6.09 Å². The van der Waals surface area contributed by atoms with Crippen LogP contribution in [-0.2, 0) is 20.6 Å². The summed E-state index contributed by atoms with van der Waals surface area (Å²) in [6, 6.07) is 8.02. The van der Waals surface area contributed by atoms with Crippen LogP contribution >= 0.6 is 0 Å². The molecule has 2 aliphatic heterocycles. The van der Waals surface area contributed by atoms with Gasteiger partial charge in [0.25, 0.3) is 0 Å². The highest BCUT2D eigenvalue weighted by molar-refractivity contribution is 5.70. The summed E-state index contributed by atoms with van der Waals surface area (Å²) in [6.45, 7) is 2.30. The zero-order chi connectivity index (χ0) is 19.4. The maximum atomic E-state index is 11.8. The van der Waals surface area contributed by atoms with Crippen molar-refractivity contribution >= 4 is 6.09 Å². The van der Waals surface area contributed by atoms with Crippen LogP contribution in [0.3, 0.4) is 0 Å². The molecule has 1 saturated heterocycles. The fourth-order valence-corrected chi connectivity index (χ4v) is 2.98. The molecular formula is C22H29NO5. The van der Waals surface area contributed by atoms with Crippen LogP contribution in [0, 0.1) is 0 Å². The van der Waals surface area contributed by atoms with E-state index in [9.17, 15) is 4.79 Å². The maximum absolute atomic E-state index is 11.8. The van der Waals surface area contributed by atoms with Gasteiger partial charge in [-0.2, -0.15) is 0 Å². The molecule has 2 heterocycles. The minimum absolute atomic E-state index is 0.0348. The molecule has 1 unspecified atom stereocenters. The molecule has 1 fully saturated rings. The topological polar surface area (TPSA) is 57.2 Å². The molecule has 1 atom stereocenters. The molecule has 0 saturated carbocycles. The van der Waals surface area contributed by atoms with Crippen molar-refractivity contribution in [1.82, 2.24) is 4.90 Å². The number of carbonyl (C=O) groups excluding carboxylic acids is 1. The van der Waals surface area contributed by atoms with Gasteiger partial charge in [0.1, 0.15) is 5.75 Å². The Balaban J connectivity index is 1.26. The maximum Gasteiger partial charge on any atom is 0.417 e. The standard InChI is InChI=1S/C22H29NO5/c24-22(23-13-3-1-4-14-23)28-17-6-16-25-20-10-8-19(9-11-20)12-18-27-21-7-2-5-15-26-21/h3-4,8-11,13-14,21H,1-2,5-7,12,15-18H2. The first-order valence-corrected chi connectivity index (χ1v) is 10.0. The Morgan fingerprint density at radius 2 is 1.89 bits per heavy atom. The van der Waals surface area contributed by atoms with Gasteiger partial charge in [-0.1, -0.05) is 24.3 Å². The van der Waals surface area contributed by atoms with Crippen LogP contribution in [-0.4, -0.2) is 43.7 Å². The molecule has 3 rings (SSSR count). The molecule has 2 aliphatic rings. The quantitative estimate of drug-likeness (QED) is 0.588. The van der Waals surface area contributed by atoms with Crippen molar-refractivity contribution in [2.45, 2.75) is 44.8 Å². The Bertz CT molecular complexity index is 637. The molecule has 0 spiro atoms. The Morgan fingerprint density at radius 1 is 1.07 bits per heavy atom. The van der Waals surface area contributed by atoms with Gasteiger partial charge in [0.05, 0.1) is 19.8 Å². The zero-order valence-corrected chi connectivity index (χ0v) is 16.3. The van der Waals surface area contributed by atoms with Gasteiger partial charge in [-0.3, -0.25) is 4.90 Å². The third-order valence-corrected chi connectivity index (χ3v) is 4.55. The van der Waals surface area contributed by atoms with Crippen LogP contribution in [0.4, 0.5) is 4.79 Å². The van der Waals surface area contributed by atoms with Crippen LogP contribution in [0.2, 0.25) is 0 Å². The van der Waals surface area contributed by atoms with E-state index in [0.29, 0.717) is 26.2 Å². The Hall–Kier alpha value is -2.31. The number of benzene rings is 1. The lowest BCUT2D eigenvalue weighted by molar-refractivity contribution is -0.161. The fourth-order valence-electron chi connectivity index (χ4n) is 2.98. The minimum atomic E-state index is -0.364. The first-order chi connectivity index (χ1) is 13.8. The van der Waals surface area contributed by atoms with E-state index in [4.69, 9.17) is 18.9 Å². The van der Waals surface area contributed by atoms with Gasteiger partial charge in [0, 0.05) is 25.4 Å². The van der Waals surface area contributed by atoms with Gasteiger partial charge in [-0.15, -0.1) is 0 Å². The van der Waals surface area contributed by atoms with Crippen molar-refractivity contribution in [2.24, 2.45) is 0 Å². The summed E-state index contributed by atoms with van der Waals surface area (Å²) in [5.41, 5.74) is 1.21. The number of ether oxygens (including phenoxy) is 4. The lowest BCUT2D eigenvalue weighted by atomic mass is 10.1. The molecule has 0 aliphatic carbocycles. The second kappa shape index (κ2) is 11.5. The summed E-state index contributed by atoms with van der Waals surface area (Å²) in [5, 5.41) is 0. The van der Waals surface area contributed by atoms with Gasteiger partial charge in [0.15, 0.2) is 6.29 Å². The smallest absolute Gasteiger partial charge is 0.417 e. The lowest BCUT2D eigenvalue weighted by Crippen LogP contribution is -2.23. The second-order valence-corrected chi connectivity index (χ2v) is 6.79. The van der Waals surface area contributed by atoms with E-state index < -0.39 is 0 Å². The van der Waals surface area contributed by atoms with E-state index in [-0.39, 0.29) is 12.4 Å². The largest absolute Gasteiger partial charge is 0.493 e. The van der Waals surface area contributed by atoms with Crippen molar-refractivity contribution in [1.29, 1.82) is 0 Å². The molecule has 28 heavy (non-hydrogen) atoms. The van der Waals surface area contributed by atoms with E-state index in [2.05, 4.69) is 12.1 Å². The summed E-state index contributed by atoms with van der Waals surface area (Å²) in [7, 11) is 0. The third-order valence-electron chi connectivity index (χ3n) is 4.55. The number of hydrogen-bond acceptors (Lipinski definition) is 5. The zero-order valence-electron chi connectivity index (χ0n) is 16.3. The summed E-state index contributed by atoms with van der Waals surface area (Å²) < 4.78 is 22.2. The van der Waals surface area contributed by atoms with Crippen LogP contribution in [0.15, 0.2) is 48.8 Å². The van der Waals surface area contributed by atoms with Crippen LogP contribution < -0.4 is 4.74 Å². The minimum Gasteiger partial charge on any atom is -0.493 e. The van der Waals surface area contributed by atoms with Gasteiger partial charge in [0.2, 0.25) is 0 Å². The number of amides is 1. The van der Waals surface area contributed by atoms with Crippen molar-refractivity contribution < 1.29 is 23.7 Å². The average molecular weight is 387 g/mol. The summed E-state index contributed by atoms with van der Waals surface area (Å²) in [5.74, 6) is 0.813. The number of nitrogens with zero attached hydrogens (tertiary/aromatic N) is 1. The van der Waals surface area contributed by atoms with Crippen molar-refractivity contribution in [3.05, 3.63) is 54.4 Å². The highest BCUT2D eigenvalue weighted by Crippen LogP contribution is 2.16. The summed E-state index contributed by atoms with van der Waals surface area (Å²) >= 11 is 0. The van der Waals surface area contributed by atoms with E-state index in [0.717, 1.165) is 38.0 Å². The van der Waals surface area contributed by atoms with Crippen molar-refractivity contribution in [3.63, 3.8) is 0 Å². The Kier molecular flexibility index (Phi) is 8.40. The first kappa shape index (κ1) is 20.4. The lowest BCUT2D eigenvalue weighted by Gasteiger charge is -2.22. The molecule has 0 radical (unpaired) electrons. The molecule has 152 valence electrons. The molecule has 1 amide bonds. The molecule has 0 N–H and O–H groups in total. The summed E-state index contributed by atoms with van der Waals surface area (Å²) in [4.78, 5) is 13.2. The first-order valence-electron chi connectivity index (χ1n) is 10.0. The molecule has 6 heteroatoms. The Morgan fingerprint density at radius 3 is 2.64 bits per heavy atom. The van der Waals surface area contributed by atoms with E-state index in [1.807, 2.05) is 24.3 Å². The SMILES string of the molecule is O=C(OCCCOc1ccc(CCOC2CCCCO2)cc1)N1C=CCC=C1. The Labute approximate surface area is 166 Å². The number of rotatable bonds is 9. The van der Waals surface area contributed by atoms with E-state index >= 15 is 0 Å². The number of carbonyl (C=O) groups is 1. The highest BCUT2D eigenvalue weighted by atomic mass is 16.7. The molecule has 0 aromatic heterocycles. The summed E-state index contributed by atoms with van der Waals surface area (Å²) in [6.07, 6.45) is 12.5. The highest BCUT2D eigenvalue weighted by Gasteiger charge is 2.13. The number of hydrogen-bond donors (Lipinski definition) is 0. The van der Waals surface area contributed by atoms with Crippen LogP contribution in [0.25, 0.3) is 0 Å². The number of allylic oxidation sites excluding steroid dienone is 2. The molecular weight excluding hydrogens is 358 g/mol. The van der Waals surface area contributed by atoms with Crippen LogP contribution in [0.5, 0.6) is 5.75 Å². The fraction of sp³-hybridized carbons (Fsp3) is 0.500. The third kappa shape index (κ3) is 7.02. The predicted molar refractivity (Wildman–Crippen MR) is 106 cm³/mol. The normalized spacial score (nSPS) is 18.9. The van der Waals surface area contributed by atoms with Crippen molar-refractivity contribution in [2.75, 3.05) is 26.4 Å². The average Bonchev–Trinajstić information content (AvgIpc) is 2.76. The monoisotopic (exact) mass is 387 g/mol. The van der Waals surface area contributed by atoms with Crippen molar-refractivity contribution in [3.8, 4) is 5.75 Å². The van der Waals surface area contributed by atoms with Gasteiger partial charge in [-0.05, 0) is 49.8 Å². The predicted octanol–water partition coefficient (Wildman–Crippen LogP) is 4.41. The molecule has 0 bridgehead atoms. The van der Waals surface area contributed by atoms with Gasteiger partial charge in [-0.25, -0.2) is 4.79 Å². The van der Waals surface area contributed by atoms with Crippen LogP contribution in [0.1, 0.15) is 37.7 Å². The second-order valence-electron chi connectivity index (χ2n) is 6.79. The van der Waals surface area contributed by atoms with E-state index in [1.54, 1.807) is 12.4 Å². The van der Waals surface area contributed by atoms with Gasteiger partial charge < -0.3 is 18.9 Å². The molecule has 1 aromatic carbocycles. The van der Waals surface area contributed by atoms with E-state index in [1.165, 1.54) is 16.9 Å². The molecule has 1 aromatic rings.